The van der Waals surface area contributed by atoms with Crippen molar-refractivity contribution in [1.82, 2.24) is 14.8 Å². The Labute approximate surface area is 157 Å². The first-order chi connectivity index (χ1) is 13.1. The zero-order chi connectivity index (χ0) is 18.8. The second kappa shape index (κ2) is 7.31. The number of carbonyl (C=O) groups excluding carboxylic acids is 1. The number of fused-ring (bicyclic) bond motifs is 1. The average Bonchev–Trinajstić information content (AvgIpc) is 2.91. The third-order valence-corrected chi connectivity index (χ3v) is 4.94. The number of aromatic nitrogens is 3. The highest BCUT2D eigenvalue weighted by molar-refractivity contribution is 6.04. The van der Waals surface area contributed by atoms with Gasteiger partial charge in [0.1, 0.15) is 11.6 Å². The number of amides is 1. The monoisotopic (exact) mass is 364 g/mol. The van der Waals surface area contributed by atoms with Crippen LogP contribution in [0.4, 0.5) is 10.1 Å². The Morgan fingerprint density at radius 1 is 1.11 bits per heavy atom. The third-order valence-electron chi connectivity index (χ3n) is 4.94. The Morgan fingerprint density at radius 3 is 2.85 bits per heavy atom. The second-order valence-electron chi connectivity index (χ2n) is 6.90. The fourth-order valence-corrected chi connectivity index (χ4v) is 3.42. The largest absolute Gasteiger partial charge is 0.322 e. The molecule has 1 N–H and O–H groups in total. The lowest BCUT2D eigenvalue weighted by Gasteiger charge is -2.12. The Hall–Kier alpha value is -3.02. The summed E-state index contributed by atoms with van der Waals surface area (Å²) < 4.78 is 15.6. The molecular formula is C21H21FN4O. The summed E-state index contributed by atoms with van der Waals surface area (Å²) in [6, 6.07) is 11.5. The van der Waals surface area contributed by atoms with Crippen LogP contribution in [-0.4, -0.2) is 20.7 Å². The van der Waals surface area contributed by atoms with Crippen molar-refractivity contribution in [3.63, 3.8) is 0 Å². The number of carbonyl (C=O) groups is 1. The second-order valence-corrected chi connectivity index (χ2v) is 6.90. The predicted molar refractivity (Wildman–Crippen MR) is 102 cm³/mol. The van der Waals surface area contributed by atoms with Crippen molar-refractivity contribution in [2.24, 2.45) is 0 Å². The highest BCUT2D eigenvalue weighted by atomic mass is 19.1. The van der Waals surface area contributed by atoms with Crippen molar-refractivity contribution in [3.8, 4) is 11.4 Å². The van der Waals surface area contributed by atoms with Crippen LogP contribution < -0.4 is 5.32 Å². The van der Waals surface area contributed by atoms with Crippen molar-refractivity contribution in [1.29, 1.82) is 0 Å². The summed E-state index contributed by atoms with van der Waals surface area (Å²) in [5.41, 5.74) is 2.82. The summed E-state index contributed by atoms with van der Waals surface area (Å²) in [7, 11) is 0. The van der Waals surface area contributed by atoms with Gasteiger partial charge in [0.25, 0.3) is 5.91 Å². The summed E-state index contributed by atoms with van der Waals surface area (Å²) in [6.07, 6.45) is 4.40. The van der Waals surface area contributed by atoms with Gasteiger partial charge >= 0.3 is 0 Å². The quantitative estimate of drug-likeness (QED) is 0.751. The molecule has 5 nitrogen and oxygen atoms in total. The van der Waals surface area contributed by atoms with Crippen molar-refractivity contribution in [3.05, 3.63) is 65.2 Å². The van der Waals surface area contributed by atoms with Gasteiger partial charge in [0.15, 0.2) is 5.82 Å². The van der Waals surface area contributed by atoms with Gasteiger partial charge in [-0.25, -0.2) is 4.39 Å². The number of hydrogen-bond acceptors (Lipinski definition) is 3. The molecule has 0 saturated carbocycles. The third kappa shape index (κ3) is 3.60. The molecule has 6 heteroatoms. The van der Waals surface area contributed by atoms with Gasteiger partial charge < -0.3 is 9.88 Å². The fourth-order valence-electron chi connectivity index (χ4n) is 3.42. The van der Waals surface area contributed by atoms with Crippen molar-refractivity contribution >= 4 is 11.6 Å². The van der Waals surface area contributed by atoms with Gasteiger partial charge in [0.2, 0.25) is 0 Å². The maximum atomic E-state index is 13.4. The van der Waals surface area contributed by atoms with Crippen molar-refractivity contribution in [2.45, 2.75) is 39.2 Å². The van der Waals surface area contributed by atoms with Crippen molar-refractivity contribution in [2.75, 3.05) is 5.32 Å². The van der Waals surface area contributed by atoms with Crippen LogP contribution in [0.25, 0.3) is 11.4 Å². The molecule has 0 bridgehead atoms. The highest BCUT2D eigenvalue weighted by Gasteiger charge is 2.17. The molecule has 27 heavy (non-hydrogen) atoms. The lowest BCUT2D eigenvalue weighted by molar-refractivity contribution is 0.102. The summed E-state index contributed by atoms with van der Waals surface area (Å²) in [5, 5.41) is 11.6. The lowest BCUT2D eigenvalue weighted by Crippen LogP contribution is -2.13. The van der Waals surface area contributed by atoms with Gasteiger partial charge in [-0.1, -0.05) is 24.6 Å². The first kappa shape index (κ1) is 17.4. The number of nitrogens with one attached hydrogen (secondary N) is 1. The van der Waals surface area contributed by atoms with Crippen LogP contribution in [0.15, 0.2) is 42.5 Å². The van der Waals surface area contributed by atoms with E-state index in [1.54, 1.807) is 6.07 Å². The molecule has 138 valence electrons. The first-order valence-electron chi connectivity index (χ1n) is 9.22. The summed E-state index contributed by atoms with van der Waals surface area (Å²) in [6.45, 7) is 2.84. The van der Waals surface area contributed by atoms with Gasteiger partial charge in [-0.15, -0.1) is 10.2 Å². The highest BCUT2D eigenvalue weighted by Crippen LogP contribution is 2.27. The van der Waals surface area contributed by atoms with E-state index >= 15 is 0 Å². The van der Waals surface area contributed by atoms with Gasteiger partial charge in [-0.05, 0) is 49.6 Å². The van der Waals surface area contributed by atoms with E-state index in [0.717, 1.165) is 48.6 Å². The summed E-state index contributed by atoms with van der Waals surface area (Å²) in [5.74, 6) is 1.08. The first-order valence-corrected chi connectivity index (χ1v) is 9.22. The molecule has 0 radical (unpaired) electrons. The van der Waals surface area contributed by atoms with E-state index in [0.29, 0.717) is 5.69 Å². The molecule has 3 aromatic rings. The number of halogens is 1. The number of aryl methyl sites for hydroxylation is 2. The van der Waals surface area contributed by atoms with E-state index in [9.17, 15) is 9.18 Å². The normalized spacial score (nSPS) is 13.7. The molecule has 0 spiro atoms. The average molecular weight is 364 g/mol. The molecule has 4 rings (SSSR count). The molecule has 0 unspecified atom stereocenters. The minimum atomic E-state index is -0.431. The van der Waals surface area contributed by atoms with E-state index in [2.05, 4.69) is 20.1 Å². The maximum absolute atomic E-state index is 13.4. The Balaban J connectivity index is 1.64. The SMILES string of the molecule is Cc1ccc(-c2nnc3n2CCCCC3)cc1NC(=O)c1cccc(F)c1. The molecule has 0 fully saturated rings. The maximum Gasteiger partial charge on any atom is 0.255 e. The Kier molecular flexibility index (Phi) is 4.71. The van der Waals surface area contributed by atoms with Crippen LogP contribution in [0.2, 0.25) is 0 Å². The molecule has 1 aliphatic rings. The molecule has 0 atom stereocenters. The van der Waals surface area contributed by atoms with Gasteiger partial charge in [0, 0.05) is 29.8 Å². The van der Waals surface area contributed by atoms with Crippen LogP contribution >= 0.6 is 0 Å². The van der Waals surface area contributed by atoms with Crippen LogP contribution in [-0.2, 0) is 13.0 Å². The minimum absolute atomic E-state index is 0.288. The molecule has 2 aromatic carbocycles. The molecule has 1 aromatic heterocycles. The van der Waals surface area contributed by atoms with Crippen LogP contribution in [0.3, 0.4) is 0 Å². The van der Waals surface area contributed by atoms with E-state index in [-0.39, 0.29) is 11.5 Å². The summed E-state index contributed by atoms with van der Waals surface area (Å²) >= 11 is 0. The Bertz CT molecular complexity index is 996. The van der Waals surface area contributed by atoms with Gasteiger partial charge in [0.05, 0.1) is 0 Å². The van der Waals surface area contributed by atoms with E-state index < -0.39 is 5.82 Å². The van der Waals surface area contributed by atoms with Gasteiger partial charge in [-0.2, -0.15) is 0 Å². The van der Waals surface area contributed by atoms with E-state index in [1.807, 2.05) is 25.1 Å². The zero-order valence-corrected chi connectivity index (χ0v) is 15.2. The topological polar surface area (TPSA) is 59.8 Å². The predicted octanol–water partition coefficient (Wildman–Crippen LogP) is 4.37. The molecule has 1 amide bonds. The standard InChI is InChI=1S/C21H21FN4O/c1-14-9-10-15(20-25-24-19-8-3-2-4-11-26(19)20)13-18(14)23-21(27)16-6-5-7-17(22)12-16/h5-7,9-10,12-13H,2-4,8,11H2,1H3,(H,23,27). The fraction of sp³-hybridized carbons (Fsp3) is 0.286. The molecule has 1 aliphatic heterocycles. The Morgan fingerprint density at radius 2 is 2.00 bits per heavy atom. The van der Waals surface area contributed by atoms with E-state index in [1.165, 1.54) is 24.6 Å². The van der Waals surface area contributed by atoms with Crippen LogP contribution in [0.1, 0.15) is 41.0 Å². The number of hydrogen-bond donors (Lipinski definition) is 1. The molecule has 0 aliphatic carbocycles. The number of benzene rings is 2. The number of anilines is 1. The van der Waals surface area contributed by atoms with Crippen molar-refractivity contribution < 1.29 is 9.18 Å². The molecular weight excluding hydrogens is 343 g/mol. The van der Waals surface area contributed by atoms with Gasteiger partial charge in [-0.3, -0.25) is 4.79 Å². The lowest BCUT2D eigenvalue weighted by atomic mass is 10.1. The summed E-state index contributed by atoms with van der Waals surface area (Å²) in [4.78, 5) is 12.5. The molecule has 2 heterocycles. The number of nitrogens with zero attached hydrogens (tertiary/aromatic N) is 3. The van der Waals surface area contributed by atoms with Crippen LogP contribution in [0, 0.1) is 12.7 Å². The van der Waals surface area contributed by atoms with Crippen LogP contribution in [0.5, 0.6) is 0 Å². The zero-order valence-electron chi connectivity index (χ0n) is 15.2. The van der Waals surface area contributed by atoms with E-state index in [4.69, 9.17) is 0 Å². The molecule has 0 saturated heterocycles. The minimum Gasteiger partial charge on any atom is -0.322 e. The number of rotatable bonds is 3. The smallest absolute Gasteiger partial charge is 0.255 e.